The lowest BCUT2D eigenvalue weighted by atomic mass is 10.1. The standard InChI is InChI=1S/C32H41N7O5S.C17H19ClN4O3S.C15H23N3O2/c1-32(2,3)44-31(40)37-18-16-36(17-19-37)27-12-10-26(11-13-27)34-30-33-22-24-14-15-38(29(24)35-30)23-25-8-6-7-9-28(25)39(20-21-43-4)45(5,41)42;1-25-10-9-22(26(2,23)24)15-6-4-3-5-14(15)12-21-8-7-13-11-19-17(18)20-16(13)21;1-15(2,3)20-14(19)18-10-8-17(9-11-18)13-6-4-12(16)5-7-13/h6-15,22H,16-21,23H2,1-5H3,(H,33,34,35);3-8,11H,9-10,12H2,1-2H3;4-7H,8-11,16H2,1-3H3. The van der Waals surface area contributed by atoms with E-state index in [0.717, 1.165) is 76.5 Å². The van der Waals surface area contributed by atoms with Crippen molar-refractivity contribution in [2.75, 3.05) is 135 Å². The summed E-state index contributed by atoms with van der Waals surface area (Å²) in [4.78, 5) is 49.9. The third kappa shape index (κ3) is 19.3. The van der Waals surface area contributed by atoms with Gasteiger partial charge in [-0.15, -0.1) is 0 Å². The normalized spacial score (nSPS) is 13.9. The number of carbonyl (C=O) groups excluding carboxylic acids is 2. The lowest BCUT2D eigenvalue weighted by molar-refractivity contribution is 0.0230. The Labute approximate surface area is 538 Å². The molecule has 0 aliphatic carbocycles. The number of nitrogen functional groups attached to an aromatic ring is 1. The van der Waals surface area contributed by atoms with Crippen molar-refractivity contribution in [3.8, 4) is 0 Å². The number of carbonyl (C=O) groups is 2. The van der Waals surface area contributed by atoms with Crippen molar-refractivity contribution in [3.63, 3.8) is 0 Å². The maximum Gasteiger partial charge on any atom is 0.410 e. The van der Waals surface area contributed by atoms with Crippen LogP contribution in [-0.2, 0) is 52.1 Å². The summed E-state index contributed by atoms with van der Waals surface area (Å²) in [5, 5.41) is 5.21. The topological polar surface area (TPSA) is 258 Å². The fourth-order valence-electron chi connectivity index (χ4n) is 10.2. The van der Waals surface area contributed by atoms with Gasteiger partial charge in [0.05, 0.1) is 63.3 Å². The Morgan fingerprint density at radius 2 is 0.978 bits per heavy atom. The Hall–Kier alpha value is -8.43. The third-order valence-electron chi connectivity index (χ3n) is 14.6. The molecule has 0 bridgehead atoms. The Morgan fingerprint density at radius 1 is 0.571 bits per heavy atom. The first-order valence-corrected chi connectivity index (χ1v) is 33.8. The number of piperazine rings is 2. The van der Waals surface area contributed by atoms with Crippen molar-refractivity contribution < 1.29 is 45.4 Å². The summed E-state index contributed by atoms with van der Waals surface area (Å²) in [5.74, 6) is 0.451. The number of halogens is 1. The van der Waals surface area contributed by atoms with Gasteiger partial charge < -0.3 is 58.7 Å². The molecule has 2 amide bonds. The average molecular weight is 1310 g/mol. The van der Waals surface area contributed by atoms with Crippen molar-refractivity contribution in [2.45, 2.75) is 65.8 Å². The molecule has 2 aliphatic heterocycles. The highest BCUT2D eigenvalue weighted by atomic mass is 35.5. The first-order valence-electron chi connectivity index (χ1n) is 29.7. The molecule has 0 radical (unpaired) electrons. The highest BCUT2D eigenvalue weighted by molar-refractivity contribution is 7.92. The summed E-state index contributed by atoms with van der Waals surface area (Å²) >= 11 is 5.91. The van der Waals surface area contributed by atoms with Gasteiger partial charge in [-0.05, 0) is 137 Å². The zero-order valence-electron chi connectivity index (χ0n) is 53.3. The minimum atomic E-state index is -3.51. The van der Waals surface area contributed by atoms with Crippen LogP contribution in [0, 0.1) is 0 Å². The molecule has 10 rings (SSSR count). The number of aromatic nitrogens is 6. The lowest BCUT2D eigenvalue weighted by Crippen LogP contribution is -2.50. The number of fused-ring (bicyclic) bond motifs is 2. The fourth-order valence-corrected chi connectivity index (χ4v) is 12.2. The summed E-state index contributed by atoms with van der Waals surface area (Å²) in [6, 6.07) is 34.6. The number of para-hydroxylation sites is 2. The fraction of sp³-hybridized carbons (Fsp3) is 0.406. The van der Waals surface area contributed by atoms with E-state index >= 15 is 0 Å². The number of anilines is 7. The number of nitrogens with zero attached hydrogens (tertiary/aromatic N) is 12. The maximum atomic E-state index is 12.6. The molecule has 2 fully saturated rings. The van der Waals surface area contributed by atoms with Crippen LogP contribution in [0.1, 0.15) is 52.7 Å². The molecule has 8 aromatic rings. The summed E-state index contributed by atoms with van der Waals surface area (Å²) in [7, 11) is -3.86. The van der Waals surface area contributed by atoms with E-state index in [4.69, 9.17) is 41.3 Å². The minimum Gasteiger partial charge on any atom is -0.444 e. The summed E-state index contributed by atoms with van der Waals surface area (Å²) in [6.07, 6.45) is 9.14. The van der Waals surface area contributed by atoms with Gasteiger partial charge >= 0.3 is 12.2 Å². The molecular weight excluding hydrogens is 1220 g/mol. The highest BCUT2D eigenvalue weighted by Gasteiger charge is 2.29. The number of rotatable bonds is 18. The number of sulfonamides is 2. The molecular formula is C64H83ClN14O10S2. The average Bonchev–Trinajstić information content (AvgIpc) is 1.79. The number of amides is 2. The van der Waals surface area contributed by atoms with Crippen molar-refractivity contribution in [2.24, 2.45) is 0 Å². The molecule has 0 spiro atoms. The molecule has 0 saturated carbocycles. The summed E-state index contributed by atoms with van der Waals surface area (Å²) in [6.45, 7) is 18.8. The molecule has 2 aliphatic rings. The van der Waals surface area contributed by atoms with Gasteiger partial charge in [0.15, 0.2) is 0 Å². The second-order valence-corrected chi connectivity index (χ2v) is 28.0. The van der Waals surface area contributed by atoms with Crippen LogP contribution in [-0.4, -0.2) is 184 Å². The molecule has 2 saturated heterocycles. The number of nitrogens with two attached hydrogens (primary N) is 1. The van der Waals surface area contributed by atoms with Gasteiger partial charge in [0.2, 0.25) is 31.3 Å². The number of methoxy groups -OCH3 is 2. The number of hydrogen-bond acceptors (Lipinski definition) is 18. The van der Waals surface area contributed by atoms with Gasteiger partial charge in [-0.3, -0.25) is 8.61 Å². The Morgan fingerprint density at radius 3 is 1.40 bits per heavy atom. The van der Waals surface area contributed by atoms with E-state index in [1.165, 1.54) is 21.1 Å². The largest absolute Gasteiger partial charge is 0.444 e. The quantitative estimate of drug-likeness (QED) is 0.0598. The molecule has 6 heterocycles. The smallest absolute Gasteiger partial charge is 0.410 e. The predicted octanol–water partition coefficient (Wildman–Crippen LogP) is 9.56. The van der Waals surface area contributed by atoms with Crippen molar-refractivity contribution in [1.82, 2.24) is 38.9 Å². The molecule has 91 heavy (non-hydrogen) atoms. The van der Waals surface area contributed by atoms with Crippen LogP contribution in [0.3, 0.4) is 0 Å². The Bertz CT molecular complexity index is 3960. The molecule has 4 aromatic heterocycles. The molecule has 488 valence electrons. The predicted molar refractivity (Wildman–Crippen MR) is 360 cm³/mol. The lowest BCUT2D eigenvalue weighted by Gasteiger charge is -2.36. The Balaban J connectivity index is 0.000000195. The van der Waals surface area contributed by atoms with E-state index < -0.39 is 31.2 Å². The first-order chi connectivity index (χ1) is 43.2. The van der Waals surface area contributed by atoms with E-state index in [2.05, 4.69) is 30.1 Å². The minimum absolute atomic E-state index is 0.170. The van der Waals surface area contributed by atoms with Gasteiger partial charge in [-0.1, -0.05) is 36.4 Å². The summed E-state index contributed by atoms with van der Waals surface area (Å²) < 4.78 is 77.6. The van der Waals surface area contributed by atoms with Gasteiger partial charge in [0, 0.05) is 125 Å². The molecule has 0 atom stereocenters. The van der Waals surface area contributed by atoms with Crippen LogP contribution in [0.15, 0.2) is 134 Å². The van der Waals surface area contributed by atoms with Crippen LogP contribution >= 0.6 is 11.6 Å². The molecule has 4 aromatic carbocycles. The van der Waals surface area contributed by atoms with E-state index in [0.29, 0.717) is 68.8 Å². The number of ether oxygens (including phenoxy) is 4. The molecule has 24 nitrogen and oxygen atoms in total. The third-order valence-corrected chi connectivity index (χ3v) is 17.1. The van der Waals surface area contributed by atoms with Crippen molar-refractivity contribution >= 4 is 106 Å². The Kier molecular flexibility index (Phi) is 22.7. The van der Waals surface area contributed by atoms with Crippen LogP contribution in [0.4, 0.5) is 49.7 Å². The van der Waals surface area contributed by atoms with E-state index in [9.17, 15) is 26.4 Å². The first kappa shape index (κ1) is 68.5. The zero-order chi connectivity index (χ0) is 65.7. The molecule has 27 heteroatoms. The zero-order valence-corrected chi connectivity index (χ0v) is 55.7. The van der Waals surface area contributed by atoms with E-state index in [1.54, 1.807) is 42.5 Å². The van der Waals surface area contributed by atoms with Crippen molar-refractivity contribution in [3.05, 3.63) is 150 Å². The number of hydrogen-bond donors (Lipinski definition) is 2. The monoisotopic (exact) mass is 1310 g/mol. The molecule has 0 unspecified atom stereocenters. The van der Waals surface area contributed by atoms with Crippen LogP contribution in [0.25, 0.3) is 22.1 Å². The van der Waals surface area contributed by atoms with Gasteiger partial charge in [0.25, 0.3) is 0 Å². The number of benzene rings is 4. The second-order valence-electron chi connectivity index (χ2n) is 23.9. The maximum absolute atomic E-state index is 12.6. The van der Waals surface area contributed by atoms with Crippen molar-refractivity contribution in [1.29, 1.82) is 0 Å². The molecule has 3 N–H and O–H groups in total. The van der Waals surface area contributed by atoms with Crippen LogP contribution in [0.2, 0.25) is 5.28 Å². The van der Waals surface area contributed by atoms with E-state index in [-0.39, 0.29) is 37.2 Å². The van der Waals surface area contributed by atoms with Gasteiger partial charge in [-0.25, -0.2) is 36.4 Å². The highest BCUT2D eigenvalue weighted by Crippen LogP contribution is 2.29. The number of nitrogens with one attached hydrogen (secondary N) is 1. The second kappa shape index (κ2) is 30.1. The van der Waals surface area contributed by atoms with E-state index in [1.807, 2.05) is 166 Å². The van der Waals surface area contributed by atoms with Crippen LogP contribution in [0.5, 0.6) is 0 Å². The summed E-state index contributed by atoms with van der Waals surface area (Å²) in [5.41, 5.74) is 12.9. The SMILES string of the molecule is CC(C)(C)OC(=O)N1CCN(c2ccc(N)cc2)CC1.COCCN(c1ccccc1Cn1ccc2cnc(Cl)nc21)S(C)(=O)=O.COCCN(c1ccccc1Cn1ccc2cnc(Nc3ccc(N4CCN(C(=O)OC(C)(C)C)CC4)cc3)nc21)S(C)(=O)=O. The van der Waals surface area contributed by atoms with Gasteiger partial charge in [0.1, 0.15) is 22.5 Å². The van der Waals surface area contributed by atoms with Crippen LogP contribution < -0.4 is 29.5 Å². The van der Waals surface area contributed by atoms with Gasteiger partial charge in [-0.2, -0.15) is 9.97 Å².